The summed E-state index contributed by atoms with van der Waals surface area (Å²) in [6, 6.07) is 1.96. The molecule has 0 aliphatic rings. The third-order valence-electron chi connectivity index (χ3n) is 2.24. The van der Waals surface area contributed by atoms with Crippen LogP contribution in [0.3, 0.4) is 0 Å². The summed E-state index contributed by atoms with van der Waals surface area (Å²) in [5, 5.41) is 2.65. The van der Waals surface area contributed by atoms with Crippen LogP contribution in [0.15, 0.2) is 12.1 Å². The minimum atomic E-state index is -0.553. The van der Waals surface area contributed by atoms with Crippen LogP contribution in [0, 0.1) is 5.82 Å². The molecule has 1 rings (SSSR count). The van der Waals surface area contributed by atoms with Crippen molar-refractivity contribution in [1.82, 2.24) is 0 Å². The first-order valence-corrected chi connectivity index (χ1v) is 5.89. The zero-order valence-corrected chi connectivity index (χ0v) is 10.8. The largest absolute Gasteiger partial charge is 0.327 e. The summed E-state index contributed by atoms with van der Waals surface area (Å²) >= 11 is 11.6. The molecule has 1 unspecified atom stereocenters. The number of rotatable bonds is 4. The number of halogens is 3. The Morgan fingerprint density at radius 3 is 2.47 bits per heavy atom. The maximum absolute atomic E-state index is 12.9. The molecule has 17 heavy (non-hydrogen) atoms. The molecule has 6 heteroatoms. The van der Waals surface area contributed by atoms with E-state index in [9.17, 15) is 9.18 Å². The van der Waals surface area contributed by atoms with E-state index in [0.29, 0.717) is 6.42 Å². The number of benzene rings is 1. The summed E-state index contributed by atoms with van der Waals surface area (Å²) in [5.74, 6) is -0.849. The first-order chi connectivity index (χ1) is 7.93. The molecule has 0 saturated carbocycles. The van der Waals surface area contributed by atoms with Gasteiger partial charge in [-0.15, -0.1) is 0 Å². The van der Waals surface area contributed by atoms with Crippen molar-refractivity contribution in [2.24, 2.45) is 5.73 Å². The van der Waals surface area contributed by atoms with Crippen LogP contribution in [0.1, 0.15) is 19.8 Å². The Morgan fingerprint density at radius 2 is 2.00 bits per heavy atom. The molecular formula is C11H13Cl2FN2O. The lowest BCUT2D eigenvalue weighted by Crippen LogP contribution is -2.26. The Labute approximate surface area is 109 Å². The predicted molar refractivity (Wildman–Crippen MR) is 67.9 cm³/mol. The zero-order chi connectivity index (χ0) is 13.0. The highest BCUT2D eigenvalue weighted by Gasteiger charge is 2.13. The van der Waals surface area contributed by atoms with Crippen molar-refractivity contribution in [3.05, 3.63) is 28.0 Å². The van der Waals surface area contributed by atoms with E-state index in [4.69, 9.17) is 28.9 Å². The molecule has 1 amide bonds. The van der Waals surface area contributed by atoms with Crippen molar-refractivity contribution in [3.8, 4) is 0 Å². The fourth-order valence-corrected chi connectivity index (χ4v) is 1.79. The van der Waals surface area contributed by atoms with E-state index >= 15 is 0 Å². The van der Waals surface area contributed by atoms with Crippen LogP contribution in [0.25, 0.3) is 0 Å². The molecule has 3 nitrogen and oxygen atoms in total. The maximum Gasteiger partial charge on any atom is 0.226 e. The monoisotopic (exact) mass is 278 g/mol. The number of anilines is 1. The summed E-state index contributed by atoms with van der Waals surface area (Å²) in [5.41, 5.74) is 5.85. The first-order valence-electron chi connectivity index (χ1n) is 5.14. The normalized spacial score (nSPS) is 12.3. The minimum absolute atomic E-state index is 0.0634. The number of carbonyl (C=O) groups is 1. The van der Waals surface area contributed by atoms with E-state index in [1.54, 1.807) is 0 Å². The van der Waals surface area contributed by atoms with Gasteiger partial charge in [0.1, 0.15) is 5.82 Å². The molecule has 0 aliphatic carbocycles. The molecule has 0 spiro atoms. The van der Waals surface area contributed by atoms with Crippen LogP contribution in [-0.2, 0) is 4.79 Å². The van der Waals surface area contributed by atoms with Crippen molar-refractivity contribution in [2.75, 3.05) is 5.32 Å². The highest BCUT2D eigenvalue weighted by molar-refractivity contribution is 6.39. The molecule has 1 aromatic carbocycles. The number of hydrogen-bond donors (Lipinski definition) is 2. The Kier molecular flexibility index (Phi) is 5.18. The Balaban J connectivity index is 2.78. The van der Waals surface area contributed by atoms with Crippen LogP contribution in [-0.4, -0.2) is 11.9 Å². The second-order valence-corrected chi connectivity index (χ2v) is 4.48. The fourth-order valence-electron chi connectivity index (χ4n) is 1.23. The van der Waals surface area contributed by atoms with Gasteiger partial charge in [-0.05, 0) is 18.6 Å². The number of carbonyl (C=O) groups excluding carboxylic acids is 1. The van der Waals surface area contributed by atoms with Crippen molar-refractivity contribution in [3.63, 3.8) is 0 Å². The summed E-state index contributed by atoms with van der Waals surface area (Å²) in [6.07, 6.45) is 0.860. The van der Waals surface area contributed by atoms with Gasteiger partial charge in [0, 0.05) is 12.5 Å². The molecule has 0 radical (unpaired) electrons. The first kappa shape index (κ1) is 14.2. The maximum atomic E-state index is 12.9. The van der Waals surface area contributed by atoms with Gasteiger partial charge in [0.25, 0.3) is 0 Å². The van der Waals surface area contributed by atoms with E-state index in [0.717, 1.165) is 12.1 Å². The highest BCUT2D eigenvalue weighted by Crippen LogP contribution is 2.31. The second-order valence-electron chi connectivity index (χ2n) is 3.67. The smallest absolute Gasteiger partial charge is 0.226 e. The molecule has 1 aromatic rings. The summed E-state index contributed by atoms with van der Waals surface area (Å²) in [4.78, 5) is 11.6. The molecule has 0 fully saturated rings. The van der Waals surface area contributed by atoms with Gasteiger partial charge in [-0.3, -0.25) is 4.79 Å². The van der Waals surface area contributed by atoms with Gasteiger partial charge in [0.15, 0.2) is 0 Å². The molecule has 0 aliphatic heterocycles. The third kappa shape index (κ3) is 4.15. The standard InChI is InChI=1S/C11H13Cl2FN2O/c1-2-7(15)5-10(17)16-11-8(12)3-6(14)4-9(11)13/h3-4,7H,2,5,15H2,1H3,(H,16,17). The highest BCUT2D eigenvalue weighted by atomic mass is 35.5. The zero-order valence-electron chi connectivity index (χ0n) is 9.27. The van der Waals surface area contributed by atoms with Crippen LogP contribution >= 0.6 is 23.2 Å². The molecule has 0 saturated heterocycles. The molecule has 0 bridgehead atoms. The molecule has 1 atom stereocenters. The minimum Gasteiger partial charge on any atom is -0.327 e. The van der Waals surface area contributed by atoms with Crippen LogP contribution in [0.4, 0.5) is 10.1 Å². The quantitative estimate of drug-likeness (QED) is 0.889. The number of nitrogens with one attached hydrogen (secondary N) is 1. The number of hydrogen-bond acceptors (Lipinski definition) is 2. The van der Waals surface area contributed by atoms with Crippen molar-refractivity contribution in [2.45, 2.75) is 25.8 Å². The van der Waals surface area contributed by atoms with Gasteiger partial charge in [-0.25, -0.2) is 4.39 Å². The van der Waals surface area contributed by atoms with Crippen molar-refractivity contribution >= 4 is 34.8 Å². The summed E-state index contributed by atoms with van der Waals surface area (Å²) in [7, 11) is 0. The van der Waals surface area contributed by atoms with Crippen molar-refractivity contribution < 1.29 is 9.18 Å². The average Bonchev–Trinajstić information content (AvgIpc) is 2.23. The number of amides is 1. The van der Waals surface area contributed by atoms with E-state index in [2.05, 4.69) is 5.32 Å². The summed E-state index contributed by atoms with van der Waals surface area (Å²) < 4.78 is 12.9. The van der Waals surface area contributed by atoms with Gasteiger partial charge in [-0.2, -0.15) is 0 Å². The second kappa shape index (κ2) is 6.19. The summed E-state index contributed by atoms with van der Waals surface area (Å²) in [6.45, 7) is 1.88. The lowest BCUT2D eigenvalue weighted by molar-refractivity contribution is -0.116. The Morgan fingerprint density at radius 1 is 1.47 bits per heavy atom. The van der Waals surface area contributed by atoms with Crippen LogP contribution in [0.2, 0.25) is 10.0 Å². The Bertz CT molecular complexity index is 403. The Hall–Kier alpha value is -0.840. The van der Waals surface area contributed by atoms with Gasteiger partial charge in [0.05, 0.1) is 15.7 Å². The topological polar surface area (TPSA) is 55.1 Å². The number of nitrogens with two attached hydrogens (primary N) is 1. The molecule has 0 heterocycles. The van der Waals surface area contributed by atoms with Gasteiger partial charge in [0.2, 0.25) is 5.91 Å². The lowest BCUT2D eigenvalue weighted by atomic mass is 10.1. The SMILES string of the molecule is CCC(N)CC(=O)Nc1c(Cl)cc(F)cc1Cl. The molecule has 94 valence electrons. The molecular weight excluding hydrogens is 266 g/mol. The lowest BCUT2D eigenvalue weighted by Gasteiger charge is -2.11. The van der Waals surface area contributed by atoms with E-state index in [1.165, 1.54) is 0 Å². The van der Waals surface area contributed by atoms with Crippen LogP contribution in [0.5, 0.6) is 0 Å². The van der Waals surface area contributed by atoms with Crippen LogP contribution < -0.4 is 11.1 Å². The van der Waals surface area contributed by atoms with E-state index < -0.39 is 5.82 Å². The average molecular weight is 279 g/mol. The van der Waals surface area contributed by atoms with E-state index in [1.807, 2.05) is 6.92 Å². The molecule has 0 aromatic heterocycles. The van der Waals surface area contributed by atoms with Crippen molar-refractivity contribution in [1.29, 1.82) is 0 Å². The fraction of sp³-hybridized carbons (Fsp3) is 0.364. The molecule has 3 N–H and O–H groups in total. The van der Waals surface area contributed by atoms with Gasteiger partial charge < -0.3 is 11.1 Å². The van der Waals surface area contributed by atoms with Gasteiger partial charge >= 0.3 is 0 Å². The van der Waals surface area contributed by atoms with E-state index in [-0.39, 0.29) is 34.1 Å². The third-order valence-corrected chi connectivity index (χ3v) is 2.84. The van der Waals surface area contributed by atoms with Gasteiger partial charge in [-0.1, -0.05) is 30.1 Å². The predicted octanol–water partition coefficient (Wildman–Crippen LogP) is 3.20.